The first-order valence-corrected chi connectivity index (χ1v) is 4.78. The highest BCUT2D eigenvalue weighted by Crippen LogP contribution is 2.16. The maximum absolute atomic E-state index is 11.1. The average Bonchev–Trinajstić information content (AvgIpc) is 2.73. The van der Waals surface area contributed by atoms with E-state index in [1.54, 1.807) is 12.5 Å². The smallest absolute Gasteiger partial charge is 0.269 e. The van der Waals surface area contributed by atoms with Gasteiger partial charge in [0.25, 0.3) is 5.91 Å². The molecule has 5 nitrogen and oxygen atoms in total. The molecule has 2 N–H and O–H groups in total. The van der Waals surface area contributed by atoms with E-state index in [0.717, 1.165) is 11.0 Å². The Morgan fingerprint density at radius 1 is 1.19 bits per heavy atom. The lowest BCUT2D eigenvalue weighted by Gasteiger charge is -2.00. The molecule has 0 saturated heterocycles. The topological polar surface area (TPSA) is 73.3 Å². The molecule has 3 aromatic rings. The van der Waals surface area contributed by atoms with Crippen LogP contribution in [0.2, 0.25) is 0 Å². The second-order valence-corrected chi connectivity index (χ2v) is 3.46. The van der Waals surface area contributed by atoms with Crippen LogP contribution < -0.4 is 5.73 Å². The van der Waals surface area contributed by atoms with E-state index < -0.39 is 5.91 Å². The lowest BCUT2D eigenvalue weighted by molar-refractivity contribution is 0.0997. The third-order valence-electron chi connectivity index (χ3n) is 2.51. The second kappa shape index (κ2) is 3.03. The summed E-state index contributed by atoms with van der Waals surface area (Å²) in [5.41, 5.74) is 7.86. The van der Waals surface area contributed by atoms with E-state index in [2.05, 4.69) is 9.97 Å². The minimum atomic E-state index is -0.542. The number of nitrogens with two attached hydrogens (primary N) is 1. The van der Waals surface area contributed by atoms with E-state index in [4.69, 9.17) is 5.73 Å². The third-order valence-corrected chi connectivity index (χ3v) is 2.51. The number of carbonyl (C=O) groups excluding carboxylic acids is 1. The number of rotatable bonds is 1. The Bertz CT molecular complexity index is 701. The monoisotopic (exact) mass is 212 g/mol. The van der Waals surface area contributed by atoms with Gasteiger partial charge in [0.2, 0.25) is 0 Å². The fourth-order valence-electron chi connectivity index (χ4n) is 1.77. The van der Waals surface area contributed by atoms with Crippen molar-refractivity contribution in [2.75, 3.05) is 0 Å². The zero-order chi connectivity index (χ0) is 11.1. The third kappa shape index (κ3) is 1.08. The lowest BCUT2D eigenvalue weighted by atomic mass is 10.3. The van der Waals surface area contributed by atoms with Gasteiger partial charge in [-0.25, -0.2) is 4.98 Å². The summed E-state index contributed by atoms with van der Waals surface area (Å²) in [5.74, 6) is -0.542. The van der Waals surface area contributed by atoms with Crippen molar-refractivity contribution in [3.63, 3.8) is 0 Å². The zero-order valence-electron chi connectivity index (χ0n) is 8.29. The molecule has 0 spiro atoms. The van der Waals surface area contributed by atoms with Gasteiger partial charge in [-0.05, 0) is 12.1 Å². The molecule has 2 aromatic heterocycles. The summed E-state index contributed by atoms with van der Waals surface area (Å²) in [6, 6.07) is 7.64. The summed E-state index contributed by atoms with van der Waals surface area (Å²) < 4.78 is 1.81. The molecule has 0 bridgehead atoms. The predicted molar refractivity (Wildman–Crippen MR) is 59.0 cm³/mol. The molecule has 16 heavy (non-hydrogen) atoms. The SMILES string of the molecule is NC(=O)c1ncn2c1cnc1ccccc12. The predicted octanol–water partition coefficient (Wildman–Crippen LogP) is 0.981. The minimum absolute atomic E-state index is 0.248. The zero-order valence-corrected chi connectivity index (χ0v) is 8.29. The van der Waals surface area contributed by atoms with Gasteiger partial charge in [-0.1, -0.05) is 12.1 Å². The van der Waals surface area contributed by atoms with Crippen LogP contribution in [-0.4, -0.2) is 20.3 Å². The highest BCUT2D eigenvalue weighted by atomic mass is 16.1. The number of benzene rings is 1. The molecule has 0 aliphatic heterocycles. The molecule has 5 heteroatoms. The minimum Gasteiger partial charge on any atom is -0.364 e. The maximum Gasteiger partial charge on any atom is 0.269 e. The van der Waals surface area contributed by atoms with Gasteiger partial charge < -0.3 is 5.73 Å². The van der Waals surface area contributed by atoms with Crippen molar-refractivity contribution in [3.8, 4) is 0 Å². The highest BCUT2D eigenvalue weighted by Gasteiger charge is 2.11. The van der Waals surface area contributed by atoms with Crippen LogP contribution in [0.1, 0.15) is 10.5 Å². The molecule has 78 valence electrons. The first kappa shape index (κ1) is 8.84. The van der Waals surface area contributed by atoms with E-state index in [9.17, 15) is 4.79 Å². The van der Waals surface area contributed by atoms with Crippen molar-refractivity contribution >= 4 is 22.5 Å². The van der Waals surface area contributed by atoms with Crippen LogP contribution >= 0.6 is 0 Å². The number of aromatic nitrogens is 3. The number of amides is 1. The first-order chi connectivity index (χ1) is 7.77. The Balaban J connectivity index is 2.49. The van der Waals surface area contributed by atoms with E-state index in [1.807, 2.05) is 28.7 Å². The van der Waals surface area contributed by atoms with Crippen molar-refractivity contribution in [2.45, 2.75) is 0 Å². The highest BCUT2D eigenvalue weighted by molar-refractivity contribution is 5.98. The van der Waals surface area contributed by atoms with Crippen LogP contribution in [0.5, 0.6) is 0 Å². The molecule has 0 aliphatic carbocycles. The molecule has 0 unspecified atom stereocenters. The van der Waals surface area contributed by atoms with Crippen molar-refractivity contribution in [2.24, 2.45) is 5.73 Å². The van der Waals surface area contributed by atoms with Crippen LogP contribution in [-0.2, 0) is 0 Å². The summed E-state index contributed by atoms with van der Waals surface area (Å²) in [6.45, 7) is 0. The molecule has 2 heterocycles. The molecule has 0 fully saturated rings. The van der Waals surface area contributed by atoms with Gasteiger partial charge in [-0.3, -0.25) is 14.2 Å². The number of carbonyl (C=O) groups is 1. The molecule has 0 saturated carbocycles. The Morgan fingerprint density at radius 3 is 2.81 bits per heavy atom. The number of imidazole rings is 1. The molecule has 0 atom stereocenters. The van der Waals surface area contributed by atoms with Crippen LogP contribution in [0, 0.1) is 0 Å². The lowest BCUT2D eigenvalue weighted by Crippen LogP contribution is -2.11. The normalized spacial score (nSPS) is 11.0. The van der Waals surface area contributed by atoms with Gasteiger partial charge in [-0.15, -0.1) is 0 Å². The van der Waals surface area contributed by atoms with Crippen LogP contribution in [0.15, 0.2) is 36.8 Å². The maximum atomic E-state index is 11.1. The Labute approximate surface area is 90.5 Å². The van der Waals surface area contributed by atoms with Gasteiger partial charge in [-0.2, -0.15) is 0 Å². The number of primary amides is 1. The van der Waals surface area contributed by atoms with E-state index >= 15 is 0 Å². The van der Waals surface area contributed by atoms with Crippen molar-refractivity contribution in [1.29, 1.82) is 0 Å². The summed E-state index contributed by atoms with van der Waals surface area (Å²) in [4.78, 5) is 19.4. The fourth-order valence-corrected chi connectivity index (χ4v) is 1.77. The van der Waals surface area contributed by atoms with Gasteiger partial charge in [0.1, 0.15) is 6.33 Å². The number of hydrogen-bond acceptors (Lipinski definition) is 3. The van der Waals surface area contributed by atoms with Gasteiger partial charge in [0, 0.05) is 0 Å². The molecule has 0 aliphatic rings. The number of para-hydroxylation sites is 2. The molecule has 1 aromatic carbocycles. The Hall–Kier alpha value is -2.43. The van der Waals surface area contributed by atoms with Crippen molar-refractivity contribution in [3.05, 3.63) is 42.5 Å². The summed E-state index contributed by atoms with van der Waals surface area (Å²) in [6.07, 6.45) is 3.19. The average molecular weight is 212 g/mol. The van der Waals surface area contributed by atoms with Gasteiger partial charge in [0.05, 0.1) is 22.7 Å². The molecule has 0 radical (unpaired) electrons. The number of hydrogen-bond donors (Lipinski definition) is 1. The molecular weight excluding hydrogens is 204 g/mol. The summed E-state index contributed by atoms with van der Waals surface area (Å²) >= 11 is 0. The fraction of sp³-hybridized carbons (Fsp3) is 0. The Kier molecular flexibility index (Phi) is 1.67. The van der Waals surface area contributed by atoms with Gasteiger partial charge in [0.15, 0.2) is 5.69 Å². The second-order valence-electron chi connectivity index (χ2n) is 3.46. The van der Waals surface area contributed by atoms with Crippen molar-refractivity contribution < 1.29 is 4.79 Å². The van der Waals surface area contributed by atoms with E-state index in [1.165, 1.54) is 0 Å². The van der Waals surface area contributed by atoms with Crippen LogP contribution in [0.25, 0.3) is 16.6 Å². The number of nitrogens with zero attached hydrogens (tertiary/aromatic N) is 3. The quantitative estimate of drug-likeness (QED) is 0.653. The molecular formula is C11H8N4O. The van der Waals surface area contributed by atoms with Gasteiger partial charge >= 0.3 is 0 Å². The standard InChI is InChI=1S/C11H8N4O/c12-11(16)10-9-5-13-7-3-1-2-4-8(7)15(9)6-14-10/h1-6H,(H2,12,16). The Morgan fingerprint density at radius 2 is 2.00 bits per heavy atom. The van der Waals surface area contributed by atoms with Crippen molar-refractivity contribution in [1.82, 2.24) is 14.4 Å². The van der Waals surface area contributed by atoms with Crippen LogP contribution in [0.4, 0.5) is 0 Å². The number of fused-ring (bicyclic) bond motifs is 3. The summed E-state index contributed by atoms with van der Waals surface area (Å²) in [5, 5.41) is 0. The molecule has 3 rings (SSSR count). The van der Waals surface area contributed by atoms with Crippen LogP contribution in [0.3, 0.4) is 0 Å². The summed E-state index contributed by atoms with van der Waals surface area (Å²) in [7, 11) is 0. The van der Waals surface area contributed by atoms with E-state index in [-0.39, 0.29) is 5.69 Å². The first-order valence-electron chi connectivity index (χ1n) is 4.78. The molecule has 1 amide bonds. The largest absolute Gasteiger partial charge is 0.364 e. The van der Waals surface area contributed by atoms with E-state index in [0.29, 0.717) is 5.52 Å².